The highest BCUT2D eigenvalue weighted by molar-refractivity contribution is 7.93. The third-order valence-corrected chi connectivity index (χ3v) is 6.15. The predicted molar refractivity (Wildman–Crippen MR) is 73.0 cm³/mol. The number of ketones is 1. The van der Waals surface area contributed by atoms with Crippen molar-refractivity contribution in [1.82, 2.24) is 0 Å². The van der Waals surface area contributed by atoms with Crippen molar-refractivity contribution in [3.8, 4) is 0 Å². The molecule has 1 aliphatic heterocycles. The molecule has 0 aromatic heterocycles. The topological polar surface area (TPSA) is 60.4 Å². The molecule has 0 N–H and O–H groups in total. The molecule has 1 saturated heterocycles. The molecular formula is C14H18O4S. The normalized spacial score (nSPS) is 19.0. The summed E-state index contributed by atoms with van der Waals surface area (Å²) in [5.41, 5.74) is 0.450. The van der Waals surface area contributed by atoms with Crippen LogP contribution < -0.4 is 0 Å². The van der Waals surface area contributed by atoms with Gasteiger partial charge in [-0.1, -0.05) is 30.3 Å². The molecule has 0 radical (unpaired) electrons. The van der Waals surface area contributed by atoms with Crippen LogP contribution in [0.5, 0.6) is 0 Å². The first-order chi connectivity index (χ1) is 9.03. The van der Waals surface area contributed by atoms with Crippen LogP contribution in [0.1, 0.15) is 30.1 Å². The maximum atomic E-state index is 12.4. The van der Waals surface area contributed by atoms with Crippen LogP contribution >= 0.6 is 0 Å². The Balaban J connectivity index is 2.18. The van der Waals surface area contributed by atoms with Gasteiger partial charge in [0.1, 0.15) is 5.25 Å². The third-order valence-electron chi connectivity index (χ3n) is 3.55. The van der Waals surface area contributed by atoms with Crippen molar-refractivity contribution >= 4 is 15.6 Å². The first-order valence-corrected chi connectivity index (χ1v) is 8.04. The summed E-state index contributed by atoms with van der Waals surface area (Å²) in [6.45, 7) is 2.40. The summed E-state index contributed by atoms with van der Waals surface area (Å²) in [4.78, 5) is 12.2. The molecule has 1 aliphatic rings. The molecule has 0 bridgehead atoms. The number of Topliss-reactive ketones (excluding diaryl/α,β-unsaturated/α-hetero) is 1. The first-order valence-electron chi connectivity index (χ1n) is 6.43. The Bertz CT molecular complexity index is 530. The van der Waals surface area contributed by atoms with Crippen LogP contribution in [-0.4, -0.2) is 37.9 Å². The average molecular weight is 282 g/mol. The lowest BCUT2D eigenvalue weighted by molar-refractivity contribution is 0.0957. The minimum Gasteiger partial charge on any atom is -0.381 e. The van der Waals surface area contributed by atoms with Crippen LogP contribution in [0.3, 0.4) is 0 Å². The monoisotopic (exact) mass is 282 g/mol. The van der Waals surface area contributed by atoms with Gasteiger partial charge in [-0.15, -0.1) is 0 Å². The zero-order valence-corrected chi connectivity index (χ0v) is 11.7. The van der Waals surface area contributed by atoms with Gasteiger partial charge < -0.3 is 4.74 Å². The maximum absolute atomic E-state index is 12.4. The Morgan fingerprint density at radius 3 is 2.37 bits per heavy atom. The van der Waals surface area contributed by atoms with Crippen molar-refractivity contribution in [1.29, 1.82) is 0 Å². The highest BCUT2D eigenvalue weighted by Crippen LogP contribution is 2.22. The number of sulfone groups is 1. The molecule has 1 fully saturated rings. The van der Waals surface area contributed by atoms with Gasteiger partial charge in [0.25, 0.3) is 0 Å². The van der Waals surface area contributed by atoms with Crippen molar-refractivity contribution in [3.63, 3.8) is 0 Å². The van der Waals surface area contributed by atoms with Crippen molar-refractivity contribution in [2.24, 2.45) is 0 Å². The lowest BCUT2D eigenvalue weighted by Crippen LogP contribution is -2.38. The van der Waals surface area contributed by atoms with E-state index in [-0.39, 0.29) is 5.78 Å². The molecule has 0 spiro atoms. The third kappa shape index (κ3) is 3.04. The van der Waals surface area contributed by atoms with Crippen LogP contribution in [0.2, 0.25) is 0 Å². The van der Waals surface area contributed by atoms with E-state index in [4.69, 9.17) is 4.74 Å². The van der Waals surface area contributed by atoms with Gasteiger partial charge in [0.05, 0.1) is 5.25 Å². The lowest BCUT2D eigenvalue weighted by atomic mass is 10.1. The van der Waals surface area contributed by atoms with Crippen LogP contribution in [0.25, 0.3) is 0 Å². The van der Waals surface area contributed by atoms with Gasteiger partial charge in [0.15, 0.2) is 15.6 Å². The lowest BCUT2D eigenvalue weighted by Gasteiger charge is -2.24. The van der Waals surface area contributed by atoms with Gasteiger partial charge in [0, 0.05) is 18.8 Å². The van der Waals surface area contributed by atoms with Crippen LogP contribution in [-0.2, 0) is 14.6 Å². The highest BCUT2D eigenvalue weighted by atomic mass is 32.2. The minimum atomic E-state index is -3.44. The molecule has 0 amide bonds. The summed E-state index contributed by atoms with van der Waals surface area (Å²) >= 11 is 0. The Morgan fingerprint density at radius 2 is 1.79 bits per heavy atom. The van der Waals surface area contributed by atoms with Crippen molar-refractivity contribution in [2.45, 2.75) is 30.3 Å². The summed E-state index contributed by atoms with van der Waals surface area (Å²) in [6.07, 6.45) is 0.962. The molecular weight excluding hydrogens is 264 g/mol. The minimum absolute atomic E-state index is 0.327. The van der Waals surface area contributed by atoms with Crippen LogP contribution in [0.15, 0.2) is 30.3 Å². The fourth-order valence-corrected chi connectivity index (χ4v) is 4.14. The van der Waals surface area contributed by atoms with E-state index < -0.39 is 20.3 Å². The molecule has 4 nitrogen and oxygen atoms in total. The van der Waals surface area contributed by atoms with E-state index in [1.807, 2.05) is 0 Å². The molecule has 2 rings (SSSR count). The first kappa shape index (κ1) is 14.2. The average Bonchev–Trinajstić information content (AvgIpc) is 2.47. The van der Waals surface area contributed by atoms with Crippen molar-refractivity contribution in [2.75, 3.05) is 13.2 Å². The molecule has 1 unspecified atom stereocenters. The van der Waals surface area contributed by atoms with E-state index in [9.17, 15) is 13.2 Å². The van der Waals surface area contributed by atoms with Gasteiger partial charge in [-0.05, 0) is 19.8 Å². The summed E-state index contributed by atoms with van der Waals surface area (Å²) in [5.74, 6) is -0.327. The zero-order valence-electron chi connectivity index (χ0n) is 10.9. The number of benzene rings is 1. The fraction of sp³-hybridized carbons (Fsp3) is 0.500. The second kappa shape index (κ2) is 5.84. The quantitative estimate of drug-likeness (QED) is 0.791. The van der Waals surface area contributed by atoms with Gasteiger partial charge in [0.2, 0.25) is 0 Å². The van der Waals surface area contributed by atoms with Crippen molar-refractivity contribution in [3.05, 3.63) is 35.9 Å². The van der Waals surface area contributed by atoms with E-state index in [2.05, 4.69) is 0 Å². The smallest absolute Gasteiger partial charge is 0.180 e. The molecule has 1 aromatic rings. The summed E-state index contributed by atoms with van der Waals surface area (Å²) < 4.78 is 30.0. The molecule has 0 saturated carbocycles. The number of hydrogen-bond acceptors (Lipinski definition) is 4. The Morgan fingerprint density at radius 1 is 1.21 bits per heavy atom. The van der Waals surface area contributed by atoms with Gasteiger partial charge in [-0.25, -0.2) is 8.42 Å². The molecule has 1 atom stereocenters. The maximum Gasteiger partial charge on any atom is 0.180 e. The van der Waals surface area contributed by atoms with Crippen molar-refractivity contribution < 1.29 is 17.9 Å². The molecule has 1 heterocycles. The molecule has 1 aromatic carbocycles. The largest absolute Gasteiger partial charge is 0.381 e. The molecule has 104 valence electrons. The fourth-order valence-electron chi connectivity index (χ4n) is 2.28. The van der Waals surface area contributed by atoms with Gasteiger partial charge >= 0.3 is 0 Å². The standard InChI is InChI=1S/C14H18O4S/c1-11(14(15)12-5-3-2-4-6-12)19(16,17)13-7-9-18-10-8-13/h2-6,11,13H,7-10H2,1H3. The van der Waals surface area contributed by atoms with Gasteiger partial charge in [-0.2, -0.15) is 0 Å². The SMILES string of the molecule is CC(C(=O)c1ccccc1)S(=O)(=O)C1CCOCC1. The van der Waals surface area contributed by atoms with Gasteiger partial charge in [-0.3, -0.25) is 4.79 Å². The second-order valence-electron chi connectivity index (χ2n) is 4.77. The second-order valence-corrected chi connectivity index (χ2v) is 7.33. The number of ether oxygens (including phenoxy) is 1. The molecule has 0 aliphatic carbocycles. The summed E-state index contributed by atoms with van der Waals surface area (Å²) in [5, 5.41) is -1.44. The number of carbonyl (C=O) groups is 1. The van der Waals surface area contributed by atoms with E-state index >= 15 is 0 Å². The van der Waals surface area contributed by atoms with E-state index in [0.717, 1.165) is 0 Å². The van der Waals surface area contributed by atoms with Crippen LogP contribution in [0.4, 0.5) is 0 Å². The van der Waals surface area contributed by atoms with E-state index in [1.54, 1.807) is 30.3 Å². The zero-order chi connectivity index (χ0) is 13.9. The highest BCUT2D eigenvalue weighted by Gasteiger charge is 2.36. The summed E-state index contributed by atoms with van der Waals surface area (Å²) in [6, 6.07) is 8.58. The Kier molecular flexibility index (Phi) is 4.37. The Hall–Kier alpha value is -1.20. The Labute approximate surface area is 113 Å². The number of carbonyl (C=O) groups excluding carboxylic acids is 1. The number of rotatable bonds is 4. The van der Waals surface area contributed by atoms with Crippen LogP contribution in [0, 0.1) is 0 Å². The predicted octanol–water partition coefficient (Wildman–Crippen LogP) is 1.85. The molecule has 5 heteroatoms. The summed E-state index contributed by atoms with van der Waals surface area (Å²) in [7, 11) is -3.44. The van der Waals surface area contributed by atoms with E-state index in [1.165, 1.54) is 6.92 Å². The molecule has 19 heavy (non-hydrogen) atoms. The van der Waals surface area contributed by atoms with E-state index in [0.29, 0.717) is 31.6 Å². The number of hydrogen-bond donors (Lipinski definition) is 0.